The molecule has 0 spiro atoms. The molecule has 0 saturated heterocycles. The minimum Gasteiger partial charge on any atom is -0.308 e. The van der Waals surface area contributed by atoms with E-state index in [1.54, 1.807) is 6.92 Å². The molecule has 0 aromatic carbocycles. The number of nitrogens with zero attached hydrogens (tertiary/aromatic N) is 3. The molecule has 1 atom stereocenters. The fraction of sp³-hybridized carbons (Fsp3) is 0.474. The number of anilines is 1. The summed E-state index contributed by atoms with van der Waals surface area (Å²) in [5, 5.41) is 2.62. The number of amides is 1. The quantitative estimate of drug-likeness (QED) is 0.838. The van der Waals surface area contributed by atoms with E-state index in [1.807, 2.05) is 0 Å². The predicted molar refractivity (Wildman–Crippen MR) is 96.7 cm³/mol. The van der Waals surface area contributed by atoms with E-state index in [0.717, 1.165) is 42.5 Å². The highest BCUT2D eigenvalue weighted by molar-refractivity contribution is 5.92. The van der Waals surface area contributed by atoms with Crippen molar-refractivity contribution in [2.45, 2.75) is 51.2 Å². The molecule has 9 heteroatoms. The van der Waals surface area contributed by atoms with E-state index >= 15 is 0 Å². The van der Waals surface area contributed by atoms with Gasteiger partial charge in [-0.25, -0.2) is 4.98 Å². The molecular weight excluding hydrogens is 373 g/mol. The second-order valence-corrected chi connectivity index (χ2v) is 7.09. The van der Waals surface area contributed by atoms with Gasteiger partial charge in [0.05, 0.1) is 23.7 Å². The molecule has 1 amide bonds. The third-order valence-corrected chi connectivity index (χ3v) is 4.98. The van der Waals surface area contributed by atoms with Gasteiger partial charge in [-0.1, -0.05) is 25.7 Å². The van der Waals surface area contributed by atoms with Crippen LogP contribution in [0.3, 0.4) is 0 Å². The third-order valence-electron chi connectivity index (χ3n) is 4.98. The minimum absolute atomic E-state index is 0.229. The van der Waals surface area contributed by atoms with Crippen LogP contribution < -0.4 is 10.9 Å². The zero-order valence-corrected chi connectivity index (χ0v) is 15.4. The van der Waals surface area contributed by atoms with Crippen LogP contribution in [0.4, 0.5) is 19.0 Å². The van der Waals surface area contributed by atoms with Crippen LogP contribution in [-0.4, -0.2) is 20.4 Å². The molecule has 0 aliphatic heterocycles. The summed E-state index contributed by atoms with van der Waals surface area (Å²) < 4.78 is 39.7. The van der Waals surface area contributed by atoms with Gasteiger partial charge in [0.1, 0.15) is 6.04 Å². The molecule has 0 bridgehead atoms. The number of carbonyl (C=O) groups excluding carboxylic acids is 1. The lowest BCUT2D eigenvalue weighted by atomic mass is 9.97. The fourth-order valence-corrected chi connectivity index (χ4v) is 3.50. The fourth-order valence-electron chi connectivity index (χ4n) is 3.50. The summed E-state index contributed by atoms with van der Waals surface area (Å²) in [6, 6.07) is 0.434. The number of aromatic nitrogens is 3. The molecule has 1 N–H and O–H groups in total. The molecule has 2 heterocycles. The van der Waals surface area contributed by atoms with Crippen LogP contribution in [0.1, 0.15) is 49.4 Å². The summed E-state index contributed by atoms with van der Waals surface area (Å²) in [6.07, 6.45) is 3.67. The number of halogens is 3. The van der Waals surface area contributed by atoms with Gasteiger partial charge in [0.25, 0.3) is 5.56 Å². The molecule has 0 radical (unpaired) electrons. The third kappa shape index (κ3) is 4.76. The molecule has 1 aliphatic carbocycles. The molecule has 6 nitrogen and oxygen atoms in total. The van der Waals surface area contributed by atoms with Crippen molar-refractivity contribution in [3.05, 3.63) is 52.3 Å². The van der Waals surface area contributed by atoms with Crippen molar-refractivity contribution in [3.8, 4) is 0 Å². The largest absolute Gasteiger partial charge is 0.416 e. The maximum absolute atomic E-state index is 12.9. The Kier molecular flexibility index (Phi) is 5.81. The molecular formula is C19H21F3N4O2. The Balaban J connectivity index is 1.89. The molecule has 3 rings (SSSR count). The van der Waals surface area contributed by atoms with E-state index < -0.39 is 29.2 Å². The molecule has 1 aliphatic rings. The van der Waals surface area contributed by atoms with Crippen molar-refractivity contribution in [3.63, 3.8) is 0 Å². The maximum atomic E-state index is 12.9. The molecule has 1 fully saturated rings. The van der Waals surface area contributed by atoms with Gasteiger partial charge in [-0.2, -0.15) is 13.2 Å². The van der Waals surface area contributed by atoms with Crippen molar-refractivity contribution >= 4 is 11.7 Å². The van der Waals surface area contributed by atoms with Gasteiger partial charge in [-0.15, -0.1) is 0 Å². The lowest BCUT2D eigenvalue weighted by Gasteiger charge is -2.22. The number of nitrogens with one attached hydrogen (secondary N) is 1. The summed E-state index contributed by atoms with van der Waals surface area (Å²) in [6.45, 7) is 1.75. The first-order chi connectivity index (χ1) is 13.2. The Morgan fingerprint density at radius 3 is 2.57 bits per heavy atom. The van der Waals surface area contributed by atoms with Gasteiger partial charge in [-0.3, -0.25) is 14.6 Å². The van der Waals surface area contributed by atoms with Gasteiger partial charge in [0, 0.05) is 12.3 Å². The molecule has 150 valence electrons. The number of hydrogen-bond donors (Lipinski definition) is 1. The van der Waals surface area contributed by atoms with Crippen LogP contribution in [0.5, 0.6) is 0 Å². The monoisotopic (exact) mass is 394 g/mol. The highest BCUT2D eigenvalue weighted by Gasteiger charge is 2.33. The van der Waals surface area contributed by atoms with Crippen molar-refractivity contribution in [2.75, 3.05) is 5.32 Å². The van der Waals surface area contributed by atoms with Crippen molar-refractivity contribution in [2.24, 2.45) is 5.92 Å². The van der Waals surface area contributed by atoms with Crippen LogP contribution in [0.25, 0.3) is 0 Å². The summed E-state index contributed by atoms with van der Waals surface area (Å²) in [5.41, 5.74) is -1.21. The Bertz CT molecular complexity index is 887. The molecule has 1 saturated carbocycles. The molecule has 2 aromatic rings. The smallest absolute Gasteiger partial charge is 0.308 e. The highest BCUT2D eigenvalue weighted by Crippen LogP contribution is 2.33. The first-order valence-corrected chi connectivity index (χ1v) is 9.13. The summed E-state index contributed by atoms with van der Waals surface area (Å²) >= 11 is 0. The van der Waals surface area contributed by atoms with Crippen molar-refractivity contribution in [1.82, 2.24) is 14.5 Å². The highest BCUT2D eigenvalue weighted by atomic mass is 19.4. The standard InChI is InChI=1S/C19H21F3N4O2/c1-12-10-24-16(11-23-12)25-18(28)15(8-13-4-2-3-5-13)26-7-6-14(9-17(26)27)19(20,21)22/h6-7,9-11,13,15H,2-5,8H2,1H3,(H,24,25,28)/t15-/m0/s1. The lowest BCUT2D eigenvalue weighted by molar-refractivity contribution is -0.137. The van der Waals surface area contributed by atoms with E-state index in [1.165, 1.54) is 12.4 Å². The Labute approximate surface area is 159 Å². The van der Waals surface area contributed by atoms with Gasteiger partial charge in [0.15, 0.2) is 5.82 Å². The number of pyridine rings is 1. The molecule has 0 unspecified atom stereocenters. The van der Waals surface area contributed by atoms with Crippen molar-refractivity contribution in [1.29, 1.82) is 0 Å². The van der Waals surface area contributed by atoms with E-state index in [9.17, 15) is 22.8 Å². The van der Waals surface area contributed by atoms with Crippen LogP contribution in [-0.2, 0) is 11.0 Å². The van der Waals surface area contributed by atoms with Crippen LogP contribution >= 0.6 is 0 Å². The number of carbonyl (C=O) groups is 1. The average Bonchev–Trinajstić information content (AvgIpc) is 3.14. The maximum Gasteiger partial charge on any atom is 0.416 e. The van der Waals surface area contributed by atoms with Crippen LogP contribution in [0, 0.1) is 12.8 Å². The SMILES string of the molecule is Cc1cnc(NC(=O)[C@H](CC2CCCC2)n2ccc(C(F)(F)F)cc2=O)cn1. The number of alkyl halides is 3. The Morgan fingerprint density at radius 1 is 1.29 bits per heavy atom. The molecule has 28 heavy (non-hydrogen) atoms. The predicted octanol–water partition coefficient (Wildman–Crippen LogP) is 3.73. The summed E-state index contributed by atoms with van der Waals surface area (Å²) in [4.78, 5) is 33.3. The summed E-state index contributed by atoms with van der Waals surface area (Å²) in [7, 11) is 0. The number of rotatable bonds is 5. The zero-order valence-electron chi connectivity index (χ0n) is 15.4. The van der Waals surface area contributed by atoms with E-state index in [0.29, 0.717) is 18.2 Å². The van der Waals surface area contributed by atoms with Crippen molar-refractivity contribution < 1.29 is 18.0 Å². The first-order valence-electron chi connectivity index (χ1n) is 9.13. The van der Waals surface area contributed by atoms with Gasteiger partial charge in [0.2, 0.25) is 5.91 Å². The van der Waals surface area contributed by atoms with Crippen LogP contribution in [0.15, 0.2) is 35.5 Å². The average molecular weight is 394 g/mol. The lowest BCUT2D eigenvalue weighted by Crippen LogP contribution is -2.34. The normalized spacial score (nSPS) is 16.1. The second-order valence-electron chi connectivity index (χ2n) is 7.09. The zero-order chi connectivity index (χ0) is 20.3. The number of hydrogen-bond acceptors (Lipinski definition) is 4. The second kappa shape index (κ2) is 8.12. The van der Waals surface area contributed by atoms with Crippen LogP contribution in [0.2, 0.25) is 0 Å². The molecule has 2 aromatic heterocycles. The topological polar surface area (TPSA) is 76.9 Å². The van der Waals surface area contributed by atoms with E-state index in [4.69, 9.17) is 0 Å². The van der Waals surface area contributed by atoms with Gasteiger partial charge < -0.3 is 9.88 Å². The Hall–Kier alpha value is -2.71. The van der Waals surface area contributed by atoms with Gasteiger partial charge >= 0.3 is 6.18 Å². The van der Waals surface area contributed by atoms with Gasteiger partial charge in [-0.05, 0) is 25.3 Å². The first kappa shape index (κ1) is 20.0. The van der Waals surface area contributed by atoms with E-state index in [-0.39, 0.29) is 11.7 Å². The Morgan fingerprint density at radius 2 is 2.00 bits per heavy atom. The minimum atomic E-state index is -4.61. The van der Waals surface area contributed by atoms with E-state index in [2.05, 4.69) is 15.3 Å². The number of aryl methyl sites for hydroxylation is 1. The summed E-state index contributed by atoms with van der Waals surface area (Å²) in [5.74, 6) is -0.0204.